The van der Waals surface area contributed by atoms with Gasteiger partial charge >= 0.3 is 0 Å². The van der Waals surface area contributed by atoms with Gasteiger partial charge in [0.15, 0.2) is 0 Å². The molecule has 0 aliphatic carbocycles. The molecule has 0 spiro atoms. The van der Waals surface area contributed by atoms with Crippen molar-refractivity contribution in [2.24, 2.45) is 5.92 Å². The number of benzene rings is 2. The molecule has 0 unspecified atom stereocenters. The number of rotatable bonds is 11. The molecule has 0 saturated carbocycles. The standard InChI is InChI=1S/C25H30N4O3/c1-19(2)16-24(31)28-21-9-6-8-20(17-21)18-27-23(30)12-13-25(32)29(15-7-14-26)22-10-4-3-5-11-22/h3-6,8-11,17,19H,7,12-13,15-16,18H2,1-2H3,(H,27,30)(H,28,31). The summed E-state index contributed by atoms with van der Waals surface area (Å²) in [7, 11) is 0. The van der Waals surface area contributed by atoms with Crippen LogP contribution in [0.25, 0.3) is 0 Å². The van der Waals surface area contributed by atoms with Crippen molar-refractivity contribution in [2.45, 2.75) is 46.1 Å². The van der Waals surface area contributed by atoms with E-state index in [1.807, 2.05) is 68.4 Å². The predicted octanol–water partition coefficient (Wildman–Crippen LogP) is 4.01. The maximum Gasteiger partial charge on any atom is 0.227 e. The van der Waals surface area contributed by atoms with Crippen LogP contribution in [-0.2, 0) is 20.9 Å². The van der Waals surface area contributed by atoms with E-state index in [1.165, 1.54) is 0 Å². The second kappa shape index (κ2) is 12.9. The number of nitrogens with one attached hydrogen (secondary N) is 2. The number of hydrogen-bond donors (Lipinski definition) is 2. The highest BCUT2D eigenvalue weighted by atomic mass is 16.2. The van der Waals surface area contributed by atoms with Gasteiger partial charge < -0.3 is 15.5 Å². The minimum atomic E-state index is -0.235. The quantitative estimate of drug-likeness (QED) is 0.558. The summed E-state index contributed by atoms with van der Waals surface area (Å²) < 4.78 is 0. The zero-order valence-electron chi connectivity index (χ0n) is 18.6. The van der Waals surface area contributed by atoms with Gasteiger partial charge in [0.2, 0.25) is 17.7 Å². The Balaban J connectivity index is 1.85. The third kappa shape index (κ3) is 8.60. The van der Waals surface area contributed by atoms with Gasteiger partial charge in [0.05, 0.1) is 12.5 Å². The number of anilines is 2. The van der Waals surface area contributed by atoms with Crippen molar-refractivity contribution in [3.05, 3.63) is 60.2 Å². The zero-order valence-corrected chi connectivity index (χ0v) is 18.6. The van der Waals surface area contributed by atoms with E-state index in [0.29, 0.717) is 24.3 Å². The zero-order chi connectivity index (χ0) is 23.3. The molecule has 0 heterocycles. The molecule has 2 aromatic rings. The lowest BCUT2D eigenvalue weighted by atomic mass is 10.1. The third-order valence-electron chi connectivity index (χ3n) is 4.68. The van der Waals surface area contributed by atoms with E-state index in [9.17, 15) is 14.4 Å². The monoisotopic (exact) mass is 434 g/mol. The molecule has 7 heteroatoms. The van der Waals surface area contributed by atoms with Gasteiger partial charge in [-0.05, 0) is 35.7 Å². The van der Waals surface area contributed by atoms with E-state index in [0.717, 1.165) is 5.56 Å². The molecule has 0 atom stereocenters. The lowest BCUT2D eigenvalue weighted by molar-refractivity contribution is -0.125. The Labute approximate surface area is 189 Å². The molecule has 168 valence electrons. The number of amides is 3. The molecule has 0 saturated heterocycles. The Morgan fingerprint density at radius 3 is 2.44 bits per heavy atom. The summed E-state index contributed by atoms with van der Waals surface area (Å²) in [5, 5.41) is 14.5. The highest BCUT2D eigenvalue weighted by molar-refractivity contribution is 5.95. The van der Waals surface area contributed by atoms with Gasteiger partial charge in [-0.3, -0.25) is 14.4 Å². The fourth-order valence-corrected chi connectivity index (χ4v) is 3.15. The molecule has 0 fully saturated rings. The first-order valence-electron chi connectivity index (χ1n) is 10.8. The molecule has 2 rings (SSSR count). The minimum absolute atomic E-state index is 0.0425. The van der Waals surface area contributed by atoms with Crippen molar-refractivity contribution in [3.63, 3.8) is 0 Å². The van der Waals surface area contributed by atoms with Crippen LogP contribution < -0.4 is 15.5 Å². The topological polar surface area (TPSA) is 102 Å². The molecule has 0 radical (unpaired) electrons. The highest BCUT2D eigenvalue weighted by Gasteiger charge is 2.16. The normalized spacial score (nSPS) is 10.3. The van der Waals surface area contributed by atoms with E-state index in [2.05, 4.69) is 16.7 Å². The Hall–Kier alpha value is -3.66. The summed E-state index contributed by atoms with van der Waals surface area (Å²) in [4.78, 5) is 38.4. The van der Waals surface area contributed by atoms with E-state index in [-0.39, 0.29) is 49.4 Å². The molecule has 2 aromatic carbocycles. The fourth-order valence-electron chi connectivity index (χ4n) is 3.15. The molecule has 0 aromatic heterocycles. The number of carbonyl (C=O) groups excluding carboxylic acids is 3. The lowest BCUT2D eigenvalue weighted by Crippen LogP contribution is -2.33. The van der Waals surface area contributed by atoms with E-state index < -0.39 is 0 Å². The maximum absolute atomic E-state index is 12.6. The van der Waals surface area contributed by atoms with Crippen LogP contribution in [0.1, 0.15) is 45.1 Å². The molecular formula is C25H30N4O3. The number of nitriles is 1. The van der Waals surface area contributed by atoms with Gasteiger partial charge in [-0.15, -0.1) is 0 Å². The van der Waals surface area contributed by atoms with Crippen LogP contribution in [0.15, 0.2) is 54.6 Å². The molecule has 32 heavy (non-hydrogen) atoms. The summed E-state index contributed by atoms with van der Waals surface area (Å²) >= 11 is 0. The smallest absolute Gasteiger partial charge is 0.227 e. The lowest BCUT2D eigenvalue weighted by Gasteiger charge is -2.21. The van der Waals surface area contributed by atoms with Crippen molar-refractivity contribution < 1.29 is 14.4 Å². The van der Waals surface area contributed by atoms with Crippen LogP contribution in [-0.4, -0.2) is 24.3 Å². The first-order valence-corrected chi connectivity index (χ1v) is 10.8. The minimum Gasteiger partial charge on any atom is -0.352 e. The highest BCUT2D eigenvalue weighted by Crippen LogP contribution is 2.16. The molecule has 0 aliphatic rings. The Kier molecular flexibility index (Phi) is 9.92. The predicted molar refractivity (Wildman–Crippen MR) is 125 cm³/mol. The second-order valence-electron chi connectivity index (χ2n) is 7.91. The van der Waals surface area contributed by atoms with Crippen molar-refractivity contribution in [1.82, 2.24) is 5.32 Å². The summed E-state index contributed by atoms with van der Waals surface area (Å²) in [6, 6.07) is 18.5. The molecule has 7 nitrogen and oxygen atoms in total. The summed E-state index contributed by atoms with van der Waals surface area (Å²) in [5.74, 6) is -0.200. The maximum atomic E-state index is 12.6. The number of nitrogens with zero attached hydrogens (tertiary/aromatic N) is 2. The first-order chi connectivity index (χ1) is 15.4. The van der Waals surface area contributed by atoms with Crippen LogP contribution in [0.3, 0.4) is 0 Å². The van der Waals surface area contributed by atoms with Gasteiger partial charge in [0.25, 0.3) is 0 Å². The molecule has 3 amide bonds. The number of para-hydroxylation sites is 1. The van der Waals surface area contributed by atoms with Gasteiger partial charge in [-0.2, -0.15) is 5.26 Å². The van der Waals surface area contributed by atoms with Crippen molar-refractivity contribution >= 4 is 29.1 Å². The van der Waals surface area contributed by atoms with Crippen molar-refractivity contribution in [2.75, 3.05) is 16.8 Å². The van der Waals surface area contributed by atoms with Crippen LogP contribution in [0, 0.1) is 17.2 Å². The summed E-state index contributed by atoms with van der Waals surface area (Å²) in [6.45, 7) is 4.56. The van der Waals surface area contributed by atoms with Crippen LogP contribution >= 0.6 is 0 Å². The first kappa shape index (κ1) is 24.6. The SMILES string of the molecule is CC(C)CC(=O)Nc1cccc(CNC(=O)CCC(=O)N(CCC#N)c2ccccc2)c1. The van der Waals surface area contributed by atoms with Crippen LogP contribution in [0.5, 0.6) is 0 Å². The van der Waals surface area contributed by atoms with Crippen LogP contribution in [0.2, 0.25) is 0 Å². The molecule has 0 aliphatic heterocycles. The average molecular weight is 435 g/mol. The van der Waals surface area contributed by atoms with Crippen LogP contribution in [0.4, 0.5) is 11.4 Å². The van der Waals surface area contributed by atoms with Gasteiger partial charge in [0, 0.05) is 43.7 Å². The largest absolute Gasteiger partial charge is 0.352 e. The molecular weight excluding hydrogens is 404 g/mol. The summed E-state index contributed by atoms with van der Waals surface area (Å²) in [6.07, 6.45) is 0.775. The third-order valence-corrected chi connectivity index (χ3v) is 4.68. The van der Waals surface area contributed by atoms with Crippen molar-refractivity contribution in [1.29, 1.82) is 5.26 Å². The van der Waals surface area contributed by atoms with E-state index >= 15 is 0 Å². The number of hydrogen-bond acceptors (Lipinski definition) is 4. The van der Waals surface area contributed by atoms with E-state index in [4.69, 9.17) is 5.26 Å². The average Bonchev–Trinajstić information content (AvgIpc) is 2.77. The van der Waals surface area contributed by atoms with Crippen molar-refractivity contribution in [3.8, 4) is 6.07 Å². The number of carbonyl (C=O) groups is 3. The second-order valence-corrected chi connectivity index (χ2v) is 7.91. The Morgan fingerprint density at radius 2 is 1.75 bits per heavy atom. The van der Waals surface area contributed by atoms with Gasteiger partial charge in [-0.1, -0.05) is 44.2 Å². The fraction of sp³-hybridized carbons (Fsp3) is 0.360. The Bertz CT molecular complexity index is 951. The van der Waals surface area contributed by atoms with Gasteiger partial charge in [-0.25, -0.2) is 0 Å². The summed E-state index contributed by atoms with van der Waals surface area (Å²) in [5.41, 5.74) is 2.25. The van der Waals surface area contributed by atoms with E-state index in [1.54, 1.807) is 4.90 Å². The Morgan fingerprint density at radius 1 is 1.00 bits per heavy atom. The van der Waals surface area contributed by atoms with Gasteiger partial charge in [0.1, 0.15) is 0 Å². The molecule has 0 bridgehead atoms. The molecule has 2 N–H and O–H groups in total.